The predicted molar refractivity (Wildman–Crippen MR) is 125 cm³/mol. The van der Waals surface area contributed by atoms with E-state index in [4.69, 9.17) is 58.0 Å². The average Bonchev–Trinajstić information content (AvgIpc) is 3.27. The van der Waals surface area contributed by atoms with E-state index < -0.39 is 47.0 Å². The first kappa shape index (κ1) is 26.2. The third kappa shape index (κ3) is 5.82. The lowest BCUT2D eigenvalue weighted by atomic mass is 10.1. The minimum absolute atomic E-state index is 0.0304. The van der Waals surface area contributed by atoms with E-state index in [-0.39, 0.29) is 32.0 Å². The molecule has 0 bridgehead atoms. The number of amides is 1. The van der Waals surface area contributed by atoms with Gasteiger partial charge in [0, 0.05) is 23.7 Å². The highest BCUT2D eigenvalue weighted by molar-refractivity contribution is 6.53. The number of carbonyl (C=O) groups is 1. The van der Waals surface area contributed by atoms with Gasteiger partial charge in [0.15, 0.2) is 0 Å². The number of benzene rings is 2. The highest BCUT2D eigenvalue weighted by Gasteiger charge is 2.67. The summed E-state index contributed by atoms with van der Waals surface area (Å²) in [7, 11) is 0. The Bertz CT molecular complexity index is 1110. The number of halogens is 9. The zero-order valence-corrected chi connectivity index (χ0v) is 20.3. The molecule has 0 spiro atoms. The highest BCUT2D eigenvalue weighted by atomic mass is 35.5. The molecule has 2 N–H and O–H groups in total. The van der Waals surface area contributed by atoms with Crippen LogP contribution in [0.3, 0.4) is 0 Å². The molecule has 2 unspecified atom stereocenters. The average molecular weight is 565 g/mol. The molecule has 0 heterocycles. The zero-order valence-electron chi connectivity index (χ0n) is 16.5. The molecule has 2 aromatic carbocycles. The van der Waals surface area contributed by atoms with E-state index in [9.17, 15) is 22.4 Å². The third-order valence-corrected chi connectivity index (χ3v) is 6.97. The molecule has 1 fully saturated rings. The van der Waals surface area contributed by atoms with E-state index in [1.54, 1.807) is 0 Å². The van der Waals surface area contributed by atoms with Gasteiger partial charge >= 0.3 is 6.18 Å². The Hall–Kier alpha value is -1.38. The van der Waals surface area contributed by atoms with Crippen LogP contribution in [-0.2, 0) is 4.79 Å². The van der Waals surface area contributed by atoms with Crippen molar-refractivity contribution in [1.29, 1.82) is 0 Å². The molecule has 1 amide bonds. The molecule has 1 saturated carbocycles. The second-order valence-corrected chi connectivity index (χ2v) is 9.98. The molecule has 3 nitrogen and oxygen atoms in total. The van der Waals surface area contributed by atoms with Gasteiger partial charge in [-0.25, -0.2) is 4.39 Å². The van der Waals surface area contributed by atoms with Crippen LogP contribution in [0.15, 0.2) is 36.9 Å². The number of nitrogens with one attached hydrogen (secondary N) is 2. The molecule has 2 aromatic rings. The lowest BCUT2D eigenvalue weighted by Crippen LogP contribution is -2.21. The van der Waals surface area contributed by atoms with Gasteiger partial charge in [-0.15, -0.1) is 23.2 Å². The van der Waals surface area contributed by atoms with Crippen LogP contribution < -0.4 is 10.6 Å². The molecule has 1 aliphatic carbocycles. The first-order valence-corrected chi connectivity index (χ1v) is 11.2. The van der Waals surface area contributed by atoms with Crippen LogP contribution in [-0.4, -0.2) is 23.0 Å². The molecule has 0 aromatic heterocycles. The van der Waals surface area contributed by atoms with Crippen molar-refractivity contribution in [2.45, 2.75) is 22.8 Å². The fourth-order valence-electron chi connectivity index (χ4n) is 3.35. The number of alkyl halides is 5. The molecule has 3 rings (SSSR count). The molecule has 1 aliphatic rings. The summed E-state index contributed by atoms with van der Waals surface area (Å²) in [5.74, 6) is -2.74. The van der Waals surface area contributed by atoms with Gasteiger partial charge in [0.05, 0.1) is 33.1 Å². The molecule has 0 radical (unpaired) electrons. The van der Waals surface area contributed by atoms with Crippen molar-refractivity contribution in [3.05, 3.63) is 68.9 Å². The van der Waals surface area contributed by atoms with Gasteiger partial charge in [-0.05, 0) is 29.8 Å². The molecular weight excluding hydrogens is 550 g/mol. The maximum atomic E-state index is 13.5. The van der Waals surface area contributed by atoms with Gasteiger partial charge in [-0.3, -0.25) is 4.79 Å². The molecule has 12 heteroatoms. The number of carbonyl (C=O) groups excluding carboxylic acids is 1. The number of hydrogen-bond acceptors (Lipinski definition) is 2. The summed E-state index contributed by atoms with van der Waals surface area (Å²) in [5.41, 5.74) is 0.807. The monoisotopic (exact) mass is 562 g/mol. The van der Waals surface area contributed by atoms with Crippen molar-refractivity contribution in [3.63, 3.8) is 0 Å². The zero-order chi connectivity index (χ0) is 24.7. The summed E-state index contributed by atoms with van der Waals surface area (Å²) in [6.07, 6.45) is -5.43. The Labute approximate surface area is 212 Å². The van der Waals surface area contributed by atoms with Gasteiger partial charge in [0.2, 0.25) is 5.91 Å². The second kappa shape index (κ2) is 9.70. The van der Waals surface area contributed by atoms with Crippen LogP contribution in [0.25, 0.3) is 5.70 Å². The van der Waals surface area contributed by atoms with Gasteiger partial charge in [-0.1, -0.05) is 47.4 Å². The van der Waals surface area contributed by atoms with Crippen LogP contribution in [0.1, 0.15) is 23.5 Å². The Morgan fingerprint density at radius 1 is 1.09 bits per heavy atom. The van der Waals surface area contributed by atoms with Gasteiger partial charge in [-0.2, -0.15) is 13.2 Å². The largest absolute Gasteiger partial charge is 0.390 e. The molecule has 0 saturated heterocycles. The van der Waals surface area contributed by atoms with Gasteiger partial charge in [0.25, 0.3) is 0 Å². The Balaban J connectivity index is 1.77. The SMILES string of the molecule is C=C(NCCC(F)(F)F)c1c(Cl)ccc(NC(=O)C2C(c3ccc(F)c(Cl)c3)C2(Cl)Cl)c1Cl. The predicted octanol–water partition coefficient (Wildman–Crippen LogP) is 7.82. The summed E-state index contributed by atoms with van der Waals surface area (Å²) in [4.78, 5) is 12.9. The number of anilines is 1. The summed E-state index contributed by atoms with van der Waals surface area (Å²) in [6, 6.07) is 6.76. The Kier molecular flexibility index (Phi) is 7.71. The van der Waals surface area contributed by atoms with Crippen molar-refractivity contribution in [3.8, 4) is 0 Å². The van der Waals surface area contributed by atoms with E-state index in [2.05, 4.69) is 17.2 Å². The van der Waals surface area contributed by atoms with Crippen LogP contribution >= 0.6 is 58.0 Å². The van der Waals surface area contributed by atoms with E-state index in [0.717, 1.165) is 6.07 Å². The van der Waals surface area contributed by atoms with E-state index in [0.29, 0.717) is 5.56 Å². The fourth-order valence-corrected chi connectivity index (χ4v) is 5.02. The maximum absolute atomic E-state index is 13.5. The van der Waals surface area contributed by atoms with Crippen molar-refractivity contribution < 1.29 is 22.4 Å². The number of hydrogen-bond donors (Lipinski definition) is 2. The van der Waals surface area contributed by atoms with Crippen LogP contribution in [0, 0.1) is 11.7 Å². The smallest absolute Gasteiger partial charge is 0.385 e. The van der Waals surface area contributed by atoms with E-state index in [1.807, 2.05) is 0 Å². The third-order valence-electron chi connectivity index (χ3n) is 5.04. The lowest BCUT2D eigenvalue weighted by molar-refractivity contribution is -0.132. The Morgan fingerprint density at radius 3 is 2.36 bits per heavy atom. The van der Waals surface area contributed by atoms with Crippen LogP contribution in [0.2, 0.25) is 15.1 Å². The highest BCUT2D eigenvalue weighted by Crippen LogP contribution is 2.65. The van der Waals surface area contributed by atoms with Crippen molar-refractivity contribution >= 4 is 75.3 Å². The summed E-state index contributed by atoms with van der Waals surface area (Å²) < 4.78 is 49.2. The fraction of sp³-hybridized carbons (Fsp3) is 0.286. The maximum Gasteiger partial charge on any atom is 0.390 e. The first-order chi connectivity index (χ1) is 15.2. The van der Waals surface area contributed by atoms with Crippen LogP contribution in [0.5, 0.6) is 0 Å². The lowest BCUT2D eigenvalue weighted by Gasteiger charge is -2.16. The van der Waals surface area contributed by atoms with Crippen molar-refractivity contribution in [2.75, 3.05) is 11.9 Å². The molecule has 2 atom stereocenters. The summed E-state index contributed by atoms with van der Waals surface area (Å²) in [5, 5.41) is 5.08. The van der Waals surface area contributed by atoms with Gasteiger partial charge in [0.1, 0.15) is 10.2 Å². The second-order valence-electron chi connectivity index (χ2n) is 7.35. The normalized spacial score (nSPS) is 19.2. The van der Waals surface area contributed by atoms with E-state index >= 15 is 0 Å². The molecular formula is C21H15Cl5F4N2O. The Morgan fingerprint density at radius 2 is 1.76 bits per heavy atom. The van der Waals surface area contributed by atoms with Gasteiger partial charge < -0.3 is 10.6 Å². The first-order valence-electron chi connectivity index (χ1n) is 9.35. The molecule has 178 valence electrons. The minimum Gasteiger partial charge on any atom is -0.385 e. The summed E-state index contributed by atoms with van der Waals surface area (Å²) in [6.45, 7) is 3.24. The van der Waals surface area contributed by atoms with E-state index in [1.165, 1.54) is 24.3 Å². The number of rotatable bonds is 7. The van der Waals surface area contributed by atoms with Crippen molar-refractivity contribution in [1.82, 2.24) is 5.32 Å². The van der Waals surface area contributed by atoms with Crippen molar-refractivity contribution in [2.24, 2.45) is 5.92 Å². The quantitative estimate of drug-likeness (QED) is 0.266. The van der Waals surface area contributed by atoms with Crippen LogP contribution in [0.4, 0.5) is 23.2 Å². The standard InChI is InChI=1S/C21H15Cl5F4N2O/c1-9(31-7-6-20(28,29)30)15-11(22)3-5-14(18(15)24)32-19(33)17-16(21(17,25)26)10-2-4-13(27)12(23)8-10/h2-5,8,16-17,31H,1,6-7H2,(H,32,33). The molecule has 33 heavy (non-hydrogen) atoms. The topological polar surface area (TPSA) is 41.1 Å². The molecule has 0 aliphatic heterocycles. The summed E-state index contributed by atoms with van der Waals surface area (Å²) >= 11 is 30.9. The minimum atomic E-state index is -4.35.